The van der Waals surface area contributed by atoms with E-state index in [-0.39, 0.29) is 0 Å². The Morgan fingerprint density at radius 2 is 1.95 bits per heavy atom. The number of benzene rings is 2. The van der Waals surface area contributed by atoms with Gasteiger partial charge in [0.1, 0.15) is 11.5 Å². The van der Waals surface area contributed by atoms with Crippen molar-refractivity contribution < 1.29 is 14.5 Å². The molecule has 0 spiro atoms. The van der Waals surface area contributed by atoms with Crippen LogP contribution in [0.1, 0.15) is 11.9 Å². The van der Waals surface area contributed by atoms with Crippen molar-refractivity contribution in [2.75, 3.05) is 0 Å². The summed E-state index contributed by atoms with van der Waals surface area (Å²) < 4.78 is 10.8. The van der Waals surface area contributed by atoms with Crippen molar-refractivity contribution in [1.29, 1.82) is 0 Å². The second-order valence-corrected chi connectivity index (χ2v) is 4.76. The largest absolute Gasteiger partial charge is 0.457 e. The van der Waals surface area contributed by atoms with E-state index in [4.69, 9.17) is 9.39 Å². The van der Waals surface area contributed by atoms with E-state index < -0.39 is 6.29 Å². The molecule has 1 unspecified atom stereocenters. The third-order valence-corrected chi connectivity index (χ3v) is 3.34. The molecule has 1 atom stereocenters. The van der Waals surface area contributed by atoms with Gasteiger partial charge in [-0.15, -0.1) is 10.2 Å². The molecular formula is C14H10BN4O3. The van der Waals surface area contributed by atoms with Gasteiger partial charge >= 0.3 is 7.48 Å². The van der Waals surface area contributed by atoms with Crippen molar-refractivity contribution >= 4 is 12.9 Å². The highest BCUT2D eigenvalue weighted by Crippen LogP contribution is 2.27. The highest BCUT2D eigenvalue weighted by molar-refractivity contribution is 6.49. The van der Waals surface area contributed by atoms with Gasteiger partial charge in [0.2, 0.25) is 5.82 Å². The van der Waals surface area contributed by atoms with Crippen molar-refractivity contribution in [2.45, 2.75) is 6.29 Å². The van der Waals surface area contributed by atoms with Gasteiger partial charge in [0.05, 0.1) is 0 Å². The number of rotatable bonds is 3. The first-order valence-electron chi connectivity index (χ1n) is 6.62. The van der Waals surface area contributed by atoms with Crippen molar-refractivity contribution in [3.63, 3.8) is 0 Å². The van der Waals surface area contributed by atoms with Crippen LogP contribution in [0.4, 0.5) is 0 Å². The SMILES string of the molecule is OC1O[B]c2ccc(Oc3ccc(-c4nn[nH]n4)cc3)cc21. The zero-order valence-corrected chi connectivity index (χ0v) is 11.3. The Kier molecular flexibility index (Phi) is 3.10. The van der Waals surface area contributed by atoms with Gasteiger partial charge in [0, 0.05) is 11.1 Å². The molecule has 2 heterocycles. The lowest BCUT2D eigenvalue weighted by Gasteiger charge is -2.09. The molecule has 0 amide bonds. The topological polar surface area (TPSA) is 93.1 Å². The number of aliphatic hydroxyl groups excluding tert-OH is 1. The zero-order valence-electron chi connectivity index (χ0n) is 11.3. The Balaban J connectivity index is 1.55. The average molecular weight is 293 g/mol. The number of nitrogens with one attached hydrogen (secondary N) is 1. The monoisotopic (exact) mass is 293 g/mol. The van der Waals surface area contributed by atoms with Crippen LogP contribution in [-0.4, -0.2) is 33.2 Å². The summed E-state index contributed by atoms with van der Waals surface area (Å²) in [6.45, 7) is 0. The van der Waals surface area contributed by atoms with E-state index in [2.05, 4.69) is 20.6 Å². The van der Waals surface area contributed by atoms with E-state index >= 15 is 0 Å². The van der Waals surface area contributed by atoms with Crippen molar-refractivity contribution in [3.05, 3.63) is 48.0 Å². The fourth-order valence-corrected chi connectivity index (χ4v) is 2.24. The molecule has 2 aromatic carbocycles. The third kappa shape index (κ3) is 2.34. The smallest absolute Gasteiger partial charge is 0.334 e. The Morgan fingerprint density at radius 1 is 1.14 bits per heavy atom. The number of H-pyrrole nitrogens is 1. The molecule has 4 rings (SSSR count). The average Bonchev–Trinajstić information content (AvgIpc) is 3.19. The van der Waals surface area contributed by atoms with Crippen molar-refractivity contribution in [3.8, 4) is 22.9 Å². The van der Waals surface area contributed by atoms with Crippen LogP contribution >= 0.6 is 0 Å². The molecule has 7 nitrogen and oxygen atoms in total. The summed E-state index contributed by atoms with van der Waals surface area (Å²) in [5.41, 5.74) is 2.39. The van der Waals surface area contributed by atoms with Gasteiger partial charge in [-0.05, 0) is 47.1 Å². The lowest BCUT2D eigenvalue weighted by molar-refractivity contribution is -0.00804. The van der Waals surface area contributed by atoms with Gasteiger partial charge in [-0.2, -0.15) is 5.21 Å². The lowest BCUT2D eigenvalue weighted by atomic mass is 9.87. The Bertz CT molecular complexity index is 792. The van der Waals surface area contributed by atoms with Gasteiger partial charge in [-0.1, -0.05) is 6.07 Å². The highest BCUT2D eigenvalue weighted by Gasteiger charge is 2.22. The molecule has 1 aliphatic rings. The Hall–Kier alpha value is -2.71. The highest BCUT2D eigenvalue weighted by atomic mass is 16.6. The fraction of sp³-hybridized carbons (Fsp3) is 0.0714. The molecule has 1 aromatic heterocycles. The standard InChI is InChI=1S/C14H10BN4O3/c20-14-11-7-10(5-6-12(11)15-22-14)21-9-3-1-8(2-4-9)13-16-18-19-17-13/h1-7,14,20H,(H,16,17,18,19). The molecular weight excluding hydrogens is 283 g/mol. The maximum absolute atomic E-state index is 9.68. The fourth-order valence-electron chi connectivity index (χ4n) is 2.24. The molecule has 22 heavy (non-hydrogen) atoms. The number of nitrogens with zero attached hydrogens (tertiary/aromatic N) is 3. The molecule has 0 bridgehead atoms. The predicted octanol–water partition coefficient (Wildman–Crippen LogP) is 0.925. The summed E-state index contributed by atoms with van der Waals surface area (Å²) in [5.74, 6) is 1.83. The number of hydrogen-bond donors (Lipinski definition) is 2. The van der Waals surface area contributed by atoms with Gasteiger partial charge < -0.3 is 14.5 Å². The van der Waals surface area contributed by atoms with E-state index in [1.165, 1.54) is 7.48 Å². The van der Waals surface area contributed by atoms with Crippen LogP contribution in [-0.2, 0) is 4.65 Å². The summed E-state index contributed by atoms with van der Waals surface area (Å²) in [6.07, 6.45) is -0.931. The number of hydrogen-bond acceptors (Lipinski definition) is 6. The van der Waals surface area contributed by atoms with Crippen LogP contribution in [0.25, 0.3) is 11.4 Å². The summed E-state index contributed by atoms with van der Waals surface area (Å²) >= 11 is 0. The summed E-state index contributed by atoms with van der Waals surface area (Å²) in [4.78, 5) is 0. The number of tetrazole rings is 1. The molecule has 0 saturated carbocycles. The molecule has 1 radical (unpaired) electrons. The van der Waals surface area contributed by atoms with Crippen LogP contribution in [0.2, 0.25) is 0 Å². The van der Waals surface area contributed by atoms with Crippen molar-refractivity contribution in [2.24, 2.45) is 0 Å². The maximum Gasteiger partial charge on any atom is 0.334 e. The number of fused-ring (bicyclic) bond motifs is 1. The first-order valence-corrected chi connectivity index (χ1v) is 6.62. The second-order valence-electron chi connectivity index (χ2n) is 4.76. The van der Waals surface area contributed by atoms with Crippen LogP contribution in [0.5, 0.6) is 11.5 Å². The summed E-state index contributed by atoms with van der Waals surface area (Å²) in [6, 6.07) is 12.8. The molecule has 2 N–H and O–H groups in total. The van der Waals surface area contributed by atoms with Gasteiger partial charge in [-0.25, -0.2) is 0 Å². The maximum atomic E-state index is 9.68. The second kappa shape index (κ2) is 5.25. The quantitative estimate of drug-likeness (QED) is 0.698. The lowest BCUT2D eigenvalue weighted by Crippen LogP contribution is -2.10. The van der Waals surface area contributed by atoms with E-state index in [0.29, 0.717) is 22.9 Å². The van der Waals surface area contributed by atoms with Gasteiger partial charge in [0.25, 0.3) is 0 Å². The Morgan fingerprint density at radius 3 is 2.73 bits per heavy atom. The van der Waals surface area contributed by atoms with E-state index in [0.717, 1.165) is 11.0 Å². The molecule has 3 aromatic rings. The molecule has 107 valence electrons. The van der Waals surface area contributed by atoms with Gasteiger partial charge in [-0.3, -0.25) is 0 Å². The molecule has 8 heteroatoms. The first kappa shape index (κ1) is 13.0. The van der Waals surface area contributed by atoms with Crippen LogP contribution in [0.15, 0.2) is 42.5 Å². The third-order valence-electron chi connectivity index (χ3n) is 3.34. The molecule has 0 saturated heterocycles. The minimum Gasteiger partial charge on any atom is -0.457 e. The van der Waals surface area contributed by atoms with Crippen LogP contribution in [0.3, 0.4) is 0 Å². The minimum atomic E-state index is -0.931. The normalized spacial score (nSPS) is 16.1. The zero-order chi connectivity index (χ0) is 14.9. The van der Waals surface area contributed by atoms with E-state index in [1.807, 2.05) is 36.4 Å². The van der Waals surface area contributed by atoms with Gasteiger partial charge in [0.15, 0.2) is 6.29 Å². The minimum absolute atomic E-state index is 0.528. The summed E-state index contributed by atoms with van der Waals surface area (Å²) in [5, 5.41) is 23.4. The van der Waals surface area contributed by atoms with E-state index in [9.17, 15) is 5.11 Å². The number of ether oxygens (including phenoxy) is 1. The summed E-state index contributed by atoms with van der Waals surface area (Å²) in [7, 11) is 1.53. The van der Waals surface area contributed by atoms with E-state index in [1.54, 1.807) is 6.07 Å². The molecule has 0 fully saturated rings. The predicted molar refractivity (Wildman–Crippen MR) is 77.6 cm³/mol. The Labute approximate surface area is 126 Å². The first-order chi connectivity index (χ1) is 10.8. The number of aromatic nitrogens is 4. The molecule has 1 aliphatic heterocycles. The van der Waals surface area contributed by atoms with Crippen molar-refractivity contribution in [1.82, 2.24) is 20.6 Å². The number of aromatic amines is 1. The van der Waals surface area contributed by atoms with Crippen LogP contribution in [0, 0.1) is 0 Å². The van der Waals surface area contributed by atoms with Crippen LogP contribution < -0.4 is 10.2 Å². The molecule has 0 aliphatic carbocycles. The number of aliphatic hydroxyl groups is 1.